The third-order valence-electron chi connectivity index (χ3n) is 4.03. The largest absolute Gasteiger partial charge is 0.459 e. The number of benzene rings is 2. The fourth-order valence-corrected chi connectivity index (χ4v) is 2.77. The maximum atomic E-state index is 12.1. The number of carbonyl (C=O) groups excluding carboxylic acids is 2. The SMILES string of the molecule is O=C(OC[C@@H]1C[C@H](OC(=O)c2ccccc2)CC(O)O1)c1ccccc1. The second-order valence-corrected chi connectivity index (χ2v) is 6.04. The Morgan fingerprint density at radius 1 is 0.923 bits per heavy atom. The highest BCUT2D eigenvalue weighted by molar-refractivity contribution is 5.89. The van der Waals surface area contributed by atoms with Crippen LogP contribution in [0.15, 0.2) is 60.7 Å². The van der Waals surface area contributed by atoms with Gasteiger partial charge >= 0.3 is 11.9 Å². The molecule has 1 fully saturated rings. The lowest BCUT2D eigenvalue weighted by Crippen LogP contribution is -2.40. The van der Waals surface area contributed by atoms with E-state index in [2.05, 4.69) is 0 Å². The molecule has 0 amide bonds. The molecular formula is C20H20O6. The van der Waals surface area contributed by atoms with Crippen molar-refractivity contribution in [1.29, 1.82) is 0 Å². The van der Waals surface area contributed by atoms with Gasteiger partial charge in [0.25, 0.3) is 0 Å². The smallest absolute Gasteiger partial charge is 0.338 e. The fraction of sp³-hybridized carbons (Fsp3) is 0.300. The number of hydrogen-bond donors (Lipinski definition) is 1. The van der Waals surface area contributed by atoms with Crippen LogP contribution in [0.4, 0.5) is 0 Å². The Morgan fingerprint density at radius 3 is 2.12 bits per heavy atom. The van der Waals surface area contributed by atoms with Crippen LogP contribution < -0.4 is 0 Å². The molecule has 1 aliphatic heterocycles. The predicted octanol–water partition coefficient (Wildman–Crippen LogP) is 2.57. The summed E-state index contributed by atoms with van der Waals surface area (Å²) in [4.78, 5) is 24.1. The average Bonchev–Trinajstić information content (AvgIpc) is 2.67. The highest BCUT2D eigenvalue weighted by atomic mass is 16.6. The highest BCUT2D eigenvalue weighted by Gasteiger charge is 2.32. The Kier molecular flexibility index (Phi) is 5.99. The summed E-state index contributed by atoms with van der Waals surface area (Å²) >= 11 is 0. The van der Waals surface area contributed by atoms with E-state index in [1.54, 1.807) is 48.5 Å². The van der Waals surface area contributed by atoms with E-state index in [0.717, 1.165) is 0 Å². The van der Waals surface area contributed by atoms with Gasteiger partial charge in [-0.05, 0) is 24.3 Å². The second-order valence-electron chi connectivity index (χ2n) is 6.04. The summed E-state index contributed by atoms with van der Waals surface area (Å²) in [7, 11) is 0. The van der Waals surface area contributed by atoms with Crippen molar-refractivity contribution < 1.29 is 28.9 Å². The summed E-state index contributed by atoms with van der Waals surface area (Å²) in [6, 6.07) is 17.3. The summed E-state index contributed by atoms with van der Waals surface area (Å²) < 4.78 is 16.1. The molecule has 0 saturated carbocycles. The number of ether oxygens (including phenoxy) is 3. The van der Waals surface area contributed by atoms with E-state index in [4.69, 9.17) is 14.2 Å². The Morgan fingerprint density at radius 2 is 1.50 bits per heavy atom. The Hall–Kier alpha value is -2.70. The van der Waals surface area contributed by atoms with Gasteiger partial charge in [0, 0.05) is 12.8 Å². The van der Waals surface area contributed by atoms with Crippen molar-refractivity contribution in [1.82, 2.24) is 0 Å². The van der Waals surface area contributed by atoms with E-state index < -0.39 is 30.4 Å². The molecule has 1 unspecified atom stereocenters. The van der Waals surface area contributed by atoms with Crippen molar-refractivity contribution in [3.63, 3.8) is 0 Å². The first-order valence-electron chi connectivity index (χ1n) is 8.43. The lowest BCUT2D eigenvalue weighted by molar-refractivity contribution is -0.197. The quantitative estimate of drug-likeness (QED) is 0.829. The van der Waals surface area contributed by atoms with Crippen LogP contribution >= 0.6 is 0 Å². The molecule has 1 saturated heterocycles. The van der Waals surface area contributed by atoms with Gasteiger partial charge in [0.15, 0.2) is 6.29 Å². The van der Waals surface area contributed by atoms with Gasteiger partial charge < -0.3 is 19.3 Å². The van der Waals surface area contributed by atoms with Gasteiger partial charge in [0.1, 0.15) is 12.7 Å². The second kappa shape index (κ2) is 8.60. The summed E-state index contributed by atoms with van der Waals surface area (Å²) in [6.45, 7) is -0.0236. The summed E-state index contributed by atoms with van der Waals surface area (Å²) in [5, 5.41) is 9.86. The minimum atomic E-state index is -1.07. The zero-order chi connectivity index (χ0) is 18.4. The van der Waals surface area contributed by atoms with Crippen molar-refractivity contribution in [2.75, 3.05) is 6.61 Å². The number of esters is 2. The Balaban J connectivity index is 1.53. The highest BCUT2D eigenvalue weighted by Crippen LogP contribution is 2.22. The average molecular weight is 356 g/mol. The molecule has 0 bridgehead atoms. The maximum absolute atomic E-state index is 12.1. The fourth-order valence-electron chi connectivity index (χ4n) is 2.77. The number of rotatable bonds is 5. The van der Waals surface area contributed by atoms with E-state index in [9.17, 15) is 14.7 Å². The van der Waals surface area contributed by atoms with Crippen LogP contribution in [0.3, 0.4) is 0 Å². The third-order valence-corrected chi connectivity index (χ3v) is 4.03. The van der Waals surface area contributed by atoms with Crippen molar-refractivity contribution in [3.8, 4) is 0 Å². The van der Waals surface area contributed by atoms with Crippen LogP contribution in [0.1, 0.15) is 33.6 Å². The first-order chi connectivity index (χ1) is 12.6. The standard InChI is InChI=1S/C20H20O6/c21-18-12-16(26-20(23)15-9-5-2-6-10-15)11-17(25-18)13-24-19(22)14-7-3-1-4-8-14/h1-10,16-18,21H,11-13H2/t16-,17-,18?/m0/s1. The molecule has 0 aromatic heterocycles. The normalized spacial score (nSPS) is 22.4. The molecule has 6 nitrogen and oxygen atoms in total. The van der Waals surface area contributed by atoms with Crippen LogP contribution in [0.2, 0.25) is 0 Å². The summed E-state index contributed by atoms with van der Waals surface area (Å²) in [5.74, 6) is -0.920. The van der Waals surface area contributed by atoms with E-state index in [0.29, 0.717) is 17.5 Å². The van der Waals surface area contributed by atoms with Crippen LogP contribution in [0, 0.1) is 0 Å². The van der Waals surface area contributed by atoms with Crippen molar-refractivity contribution in [2.45, 2.75) is 31.3 Å². The molecular weight excluding hydrogens is 336 g/mol. The molecule has 2 aromatic carbocycles. The van der Waals surface area contributed by atoms with Crippen LogP contribution in [0.5, 0.6) is 0 Å². The van der Waals surface area contributed by atoms with Crippen LogP contribution in [-0.2, 0) is 14.2 Å². The monoisotopic (exact) mass is 356 g/mol. The molecule has 136 valence electrons. The van der Waals surface area contributed by atoms with E-state index in [-0.39, 0.29) is 13.0 Å². The topological polar surface area (TPSA) is 82.1 Å². The molecule has 1 heterocycles. The number of hydrogen-bond acceptors (Lipinski definition) is 6. The van der Waals surface area contributed by atoms with E-state index >= 15 is 0 Å². The molecule has 1 aliphatic rings. The molecule has 3 atom stereocenters. The molecule has 6 heteroatoms. The molecule has 0 aliphatic carbocycles. The minimum Gasteiger partial charge on any atom is -0.459 e. The maximum Gasteiger partial charge on any atom is 0.338 e. The van der Waals surface area contributed by atoms with Gasteiger partial charge in [0.2, 0.25) is 0 Å². The zero-order valence-corrected chi connectivity index (χ0v) is 14.1. The number of aliphatic hydroxyl groups excluding tert-OH is 1. The van der Waals surface area contributed by atoms with Crippen molar-refractivity contribution in [3.05, 3.63) is 71.8 Å². The van der Waals surface area contributed by atoms with Gasteiger partial charge in [-0.1, -0.05) is 36.4 Å². The molecule has 0 spiro atoms. The van der Waals surface area contributed by atoms with E-state index in [1.165, 1.54) is 0 Å². The third kappa shape index (κ3) is 4.91. The lowest BCUT2D eigenvalue weighted by atomic mass is 10.1. The zero-order valence-electron chi connectivity index (χ0n) is 14.1. The van der Waals surface area contributed by atoms with Gasteiger partial charge in [-0.2, -0.15) is 0 Å². The first-order valence-corrected chi connectivity index (χ1v) is 8.43. The first kappa shape index (κ1) is 18.1. The molecule has 0 radical (unpaired) electrons. The van der Waals surface area contributed by atoms with Gasteiger partial charge in [-0.15, -0.1) is 0 Å². The van der Waals surface area contributed by atoms with Crippen LogP contribution in [0.25, 0.3) is 0 Å². The number of aliphatic hydroxyl groups is 1. The van der Waals surface area contributed by atoms with Gasteiger partial charge in [-0.25, -0.2) is 9.59 Å². The molecule has 26 heavy (non-hydrogen) atoms. The lowest BCUT2D eigenvalue weighted by Gasteiger charge is -2.32. The Labute approximate surface area is 151 Å². The molecule has 2 aromatic rings. The van der Waals surface area contributed by atoms with Crippen molar-refractivity contribution >= 4 is 11.9 Å². The molecule has 3 rings (SSSR count). The summed E-state index contributed by atoms with van der Waals surface area (Å²) in [6.07, 6.45) is -1.59. The van der Waals surface area contributed by atoms with Gasteiger partial charge in [0.05, 0.1) is 17.2 Å². The summed E-state index contributed by atoms with van der Waals surface area (Å²) in [5.41, 5.74) is 0.886. The van der Waals surface area contributed by atoms with Crippen molar-refractivity contribution in [2.24, 2.45) is 0 Å². The van der Waals surface area contributed by atoms with E-state index in [1.807, 2.05) is 12.1 Å². The predicted molar refractivity (Wildman–Crippen MR) is 92.5 cm³/mol. The number of carbonyl (C=O) groups is 2. The molecule has 1 N–H and O–H groups in total. The van der Waals surface area contributed by atoms with Gasteiger partial charge in [-0.3, -0.25) is 0 Å². The van der Waals surface area contributed by atoms with Crippen LogP contribution in [-0.4, -0.2) is 42.1 Å². The Bertz CT molecular complexity index is 730. The minimum absolute atomic E-state index is 0.0236.